The molecule has 2 rings (SSSR count). The van der Waals surface area contributed by atoms with Gasteiger partial charge in [-0.25, -0.2) is 0 Å². The lowest BCUT2D eigenvalue weighted by molar-refractivity contribution is 0.277. The zero-order valence-electron chi connectivity index (χ0n) is 9.52. The highest BCUT2D eigenvalue weighted by Crippen LogP contribution is 2.25. The van der Waals surface area contributed by atoms with Crippen LogP contribution < -0.4 is 5.32 Å². The summed E-state index contributed by atoms with van der Waals surface area (Å²) in [5.74, 6) is 0. The molecular formula is C12H21N3. The molecule has 1 aliphatic rings. The topological polar surface area (TPSA) is 29.9 Å². The molecule has 0 aromatic carbocycles. The summed E-state index contributed by atoms with van der Waals surface area (Å²) in [4.78, 5) is 0. The summed E-state index contributed by atoms with van der Waals surface area (Å²) in [6, 6.07) is 3.15. The van der Waals surface area contributed by atoms with Crippen LogP contribution in [0.25, 0.3) is 0 Å². The van der Waals surface area contributed by atoms with Gasteiger partial charge in [-0.15, -0.1) is 0 Å². The average molecular weight is 207 g/mol. The molecule has 2 unspecified atom stereocenters. The Bertz CT molecular complexity index is 268. The van der Waals surface area contributed by atoms with Gasteiger partial charge in [0.1, 0.15) is 0 Å². The van der Waals surface area contributed by atoms with Gasteiger partial charge in [0, 0.05) is 18.4 Å². The van der Waals surface area contributed by atoms with Crippen LogP contribution >= 0.6 is 0 Å². The van der Waals surface area contributed by atoms with E-state index in [9.17, 15) is 0 Å². The number of nitrogens with one attached hydrogen (secondary N) is 1. The van der Waals surface area contributed by atoms with Crippen molar-refractivity contribution in [1.82, 2.24) is 15.1 Å². The van der Waals surface area contributed by atoms with Crippen molar-refractivity contribution in [2.75, 3.05) is 7.05 Å². The number of nitrogens with zero attached hydrogens (tertiary/aromatic N) is 2. The molecule has 15 heavy (non-hydrogen) atoms. The van der Waals surface area contributed by atoms with Gasteiger partial charge in [-0.1, -0.05) is 25.7 Å². The Kier molecular flexibility index (Phi) is 3.78. The van der Waals surface area contributed by atoms with Crippen LogP contribution in [0.5, 0.6) is 0 Å². The number of likely N-dealkylation sites (N-methyl/N-ethyl adjacent to an activating group) is 1. The molecule has 0 bridgehead atoms. The van der Waals surface area contributed by atoms with E-state index in [1.54, 1.807) is 0 Å². The van der Waals surface area contributed by atoms with Crippen molar-refractivity contribution >= 4 is 0 Å². The maximum atomic E-state index is 4.39. The highest BCUT2D eigenvalue weighted by molar-refractivity contribution is 4.87. The summed E-state index contributed by atoms with van der Waals surface area (Å²) in [6.45, 7) is 0. The Morgan fingerprint density at radius 1 is 1.20 bits per heavy atom. The molecule has 1 fully saturated rings. The van der Waals surface area contributed by atoms with Gasteiger partial charge in [0.05, 0.1) is 6.04 Å². The minimum atomic E-state index is 0.547. The minimum absolute atomic E-state index is 0.547. The van der Waals surface area contributed by atoms with Crippen molar-refractivity contribution in [3.8, 4) is 0 Å². The van der Waals surface area contributed by atoms with Gasteiger partial charge in [0.2, 0.25) is 0 Å². The Balaban J connectivity index is 2.09. The molecule has 1 saturated carbocycles. The van der Waals surface area contributed by atoms with Crippen LogP contribution in [0.1, 0.15) is 44.6 Å². The fourth-order valence-corrected chi connectivity index (χ4v) is 2.60. The SMILES string of the molecule is CNC1CCCCCCC1n1cccn1. The second kappa shape index (κ2) is 5.31. The molecule has 3 heteroatoms. The van der Waals surface area contributed by atoms with Crippen LogP contribution in [0.2, 0.25) is 0 Å². The lowest BCUT2D eigenvalue weighted by atomic mass is 9.92. The van der Waals surface area contributed by atoms with Crippen LogP contribution in [0.4, 0.5) is 0 Å². The lowest BCUT2D eigenvalue weighted by Gasteiger charge is -2.29. The third-order valence-electron chi connectivity index (χ3n) is 3.46. The predicted molar refractivity (Wildman–Crippen MR) is 61.8 cm³/mol. The summed E-state index contributed by atoms with van der Waals surface area (Å²) in [5, 5.41) is 7.84. The monoisotopic (exact) mass is 207 g/mol. The van der Waals surface area contributed by atoms with Gasteiger partial charge in [0.15, 0.2) is 0 Å². The van der Waals surface area contributed by atoms with E-state index in [0.717, 1.165) is 0 Å². The standard InChI is InChI=1S/C12H21N3/c1-13-11-7-4-2-3-5-8-12(11)15-10-6-9-14-15/h6,9-13H,2-5,7-8H2,1H3. The Morgan fingerprint density at radius 2 is 2.00 bits per heavy atom. The summed E-state index contributed by atoms with van der Waals surface area (Å²) >= 11 is 0. The number of rotatable bonds is 2. The molecular weight excluding hydrogens is 186 g/mol. The van der Waals surface area contributed by atoms with E-state index in [-0.39, 0.29) is 0 Å². The fourth-order valence-electron chi connectivity index (χ4n) is 2.60. The molecule has 84 valence electrons. The molecule has 1 aromatic rings. The molecule has 0 saturated heterocycles. The molecule has 0 radical (unpaired) electrons. The van der Waals surface area contributed by atoms with E-state index in [2.05, 4.69) is 28.3 Å². The molecule has 3 nitrogen and oxygen atoms in total. The predicted octanol–water partition coefficient (Wildman–Crippen LogP) is 2.37. The maximum absolute atomic E-state index is 4.39. The van der Waals surface area contributed by atoms with Gasteiger partial charge in [-0.2, -0.15) is 5.10 Å². The van der Waals surface area contributed by atoms with Crippen molar-refractivity contribution in [3.05, 3.63) is 18.5 Å². The van der Waals surface area contributed by atoms with Crippen LogP contribution in [-0.2, 0) is 0 Å². The Hall–Kier alpha value is -0.830. The molecule has 1 heterocycles. The molecule has 0 amide bonds. The number of hydrogen-bond acceptors (Lipinski definition) is 2. The van der Waals surface area contributed by atoms with Crippen molar-refractivity contribution < 1.29 is 0 Å². The van der Waals surface area contributed by atoms with Crippen LogP contribution in [-0.4, -0.2) is 22.9 Å². The Morgan fingerprint density at radius 3 is 2.67 bits per heavy atom. The van der Waals surface area contributed by atoms with E-state index < -0.39 is 0 Å². The molecule has 1 aromatic heterocycles. The van der Waals surface area contributed by atoms with Crippen molar-refractivity contribution in [2.24, 2.45) is 0 Å². The van der Waals surface area contributed by atoms with E-state index in [4.69, 9.17) is 0 Å². The normalized spacial score (nSPS) is 28.3. The minimum Gasteiger partial charge on any atom is -0.315 e. The van der Waals surface area contributed by atoms with Gasteiger partial charge < -0.3 is 5.32 Å². The van der Waals surface area contributed by atoms with Gasteiger partial charge in [0.25, 0.3) is 0 Å². The van der Waals surface area contributed by atoms with E-state index in [1.165, 1.54) is 38.5 Å². The molecule has 0 spiro atoms. The van der Waals surface area contributed by atoms with Crippen molar-refractivity contribution in [1.29, 1.82) is 0 Å². The number of hydrogen-bond donors (Lipinski definition) is 1. The first kappa shape index (κ1) is 10.7. The Labute approximate surface area is 91.9 Å². The largest absolute Gasteiger partial charge is 0.315 e. The zero-order chi connectivity index (χ0) is 10.5. The van der Waals surface area contributed by atoms with Crippen molar-refractivity contribution in [2.45, 2.75) is 50.6 Å². The van der Waals surface area contributed by atoms with Gasteiger partial charge in [-0.05, 0) is 26.0 Å². The van der Waals surface area contributed by atoms with Gasteiger partial charge in [-0.3, -0.25) is 4.68 Å². The summed E-state index contributed by atoms with van der Waals surface area (Å²) in [5.41, 5.74) is 0. The molecule has 1 N–H and O–H groups in total. The van der Waals surface area contributed by atoms with E-state index in [0.29, 0.717) is 12.1 Å². The van der Waals surface area contributed by atoms with Crippen LogP contribution in [0.15, 0.2) is 18.5 Å². The summed E-state index contributed by atoms with van der Waals surface area (Å²) in [6.07, 6.45) is 12.0. The third kappa shape index (κ3) is 2.59. The molecule has 1 aliphatic carbocycles. The first-order valence-corrected chi connectivity index (χ1v) is 6.08. The quantitative estimate of drug-likeness (QED) is 0.807. The number of aromatic nitrogens is 2. The molecule has 0 aliphatic heterocycles. The van der Waals surface area contributed by atoms with Crippen LogP contribution in [0.3, 0.4) is 0 Å². The average Bonchev–Trinajstić information content (AvgIpc) is 2.71. The van der Waals surface area contributed by atoms with Gasteiger partial charge >= 0.3 is 0 Å². The highest BCUT2D eigenvalue weighted by atomic mass is 15.3. The second-order valence-corrected chi connectivity index (χ2v) is 4.44. The van der Waals surface area contributed by atoms with E-state index in [1.807, 2.05) is 12.3 Å². The maximum Gasteiger partial charge on any atom is 0.0672 e. The second-order valence-electron chi connectivity index (χ2n) is 4.44. The van der Waals surface area contributed by atoms with Crippen molar-refractivity contribution in [3.63, 3.8) is 0 Å². The highest BCUT2D eigenvalue weighted by Gasteiger charge is 2.22. The fraction of sp³-hybridized carbons (Fsp3) is 0.750. The smallest absolute Gasteiger partial charge is 0.0672 e. The lowest BCUT2D eigenvalue weighted by Crippen LogP contribution is -2.36. The zero-order valence-corrected chi connectivity index (χ0v) is 9.52. The third-order valence-corrected chi connectivity index (χ3v) is 3.46. The summed E-state index contributed by atoms with van der Waals surface area (Å²) in [7, 11) is 2.07. The van der Waals surface area contributed by atoms with Crippen LogP contribution in [0, 0.1) is 0 Å². The van der Waals surface area contributed by atoms with E-state index >= 15 is 0 Å². The summed E-state index contributed by atoms with van der Waals surface area (Å²) < 4.78 is 2.13. The molecule has 2 atom stereocenters. The first-order chi connectivity index (χ1) is 7.42. The first-order valence-electron chi connectivity index (χ1n) is 6.08.